The molecule has 1 aliphatic heterocycles. The first-order valence-electron chi connectivity index (χ1n) is 8.62. The van der Waals surface area contributed by atoms with Crippen molar-refractivity contribution >= 4 is 23.2 Å². The van der Waals surface area contributed by atoms with E-state index in [2.05, 4.69) is 10.2 Å². The molecular formula is C20H22ClFN2O2. The fourth-order valence-corrected chi connectivity index (χ4v) is 3.20. The quantitative estimate of drug-likeness (QED) is 0.870. The Morgan fingerprint density at radius 3 is 2.77 bits per heavy atom. The third-order valence-electron chi connectivity index (χ3n) is 4.72. The second kappa shape index (κ2) is 8.16. The number of hydrogen-bond acceptors (Lipinski definition) is 3. The number of anilines is 1. The van der Waals surface area contributed by atoms with E-state index < -0.39 is 0 Å². The van der Waals surface area contributed by atoms with Gasteiger partial charge >= 0.3 is 0 Å². The lowest BCUT2D eigenvalue weighted by Gasteiger charge is -2.36. The Bertz CT molecular complexity index is 782. The monoisotopic (exact) mass is 376 g/mol. The van der Waals surface area contributed by atoms with Crippen LogP contribution in [-0.2, 0) is 9.53 Å². The van der Waals surface area contributed by atoms with E-state index >= 15 is 0 Å². The summed E-state index contributed by atoms with van der Waals surface area (Å²) in [6.45, 7) is 5.57. The Morgan fingerprint density at radius 2 is 2.04 bits per heavy atom. The first kappa shape index (κ1) is 18.8. The molecular weight excluding hydrogens is 355 g/mol. The van der Waals surface area contributed by atoms with E-state index in [0.717, 1.165) is 16.8 Å². The molecule has 0 aliphatic carbocycles. The van der Waals surface area contributed by atoms with Crippen LogP contribution in [0.3, 0.4) is 0 Å². The Morgan fingerprint density at radius 1 is 1.31 bits per heavy atom. The molecule has 0 saturated carbocycles. The van der Waals surface area contributed by atoms with Gasteiger partial charge in [0.05, 0.1) is 18.8 Å². The number of nitrogens with zero attached hydrogens (tertiary/aromatic N) is 1. The fourth-order valence-electron chi connectivity index (χ4n) is 3.03. The molecule has 2 aromatic carbocycles. The van der Waals surface area contributed by atoms with Crippen molar-refractivity contribution in [3.05, 3.63) is 64.4 Å². The number of carbonyl (C=O) groups excluding carboxylic acids is 1. The van der Waals surface area contributed by atoms with Gasteiger partial charge < -0.3 is 10.1 Å². The molecule has 26 heavy (non-hydrogen) atoms. The molecule has 2 unspecified atom stereocenters. The van der Waals surface area contributed by atoms with Crippen LogP contribution in [0.25, 0.3) is 0 Å². The van der Waals surface area contributed by atoms with Gasteiger partial charge in [-0.25, -0.2) is 4.39 Å². The van der Waals surface area contributed by atoms with Crippen molar-refractivity contribution in [2.24, 2.45) is 0 Å². The lowest BCUT2D eigenvalue weighted by atomic mass is 10.1. The summed E-state index contributed by atoms with van der Waals surface area (Å²) in [5, 5.41) is 3.54. The third-order valence-corrected chi connectivity index (χ3v) is 4.96. The van der Waals surface area contributed by atoms with Crippen molar-refractivity contribution in [3.63, 3.8) is 0 Å². The van der Waals surface area contributed by atoms with Crippen molar-refractivity contribution in [2.75, 3.05) is 25.0 Å². The lowest BCUT2D eigenvalue weighted by molar-refractivity contribution is -0.124. The molecule has 1 N–H and O–H groups in total. The number of morpholine rings is 1. The first-order valence-corrected chi connectivity index (χ1v) is 9.00. The van der Waals surface area contributed by atoms with Gasteiger partial charge in [-0.2, -0.15) is 0 Å². The van der Waals surface area contributed by atoms with Gasteiger partial charge in [0.15, 0.2) is 0 Å². The maximum Gasteiger partial charge on any atom is 0.241 e. The Kier molecular flexibility index (Phi) is 5.91. The summed E-state index contributed by atoms with van der Waals surface area (Å²) >= 11 is 6.02. The van der Waals surface area contributed by atoms with Crippen LogP contribution in [0, 0.1) is 12.7 Å². The molecule has 1 fully saturated rings. The molecule has 1 heterocycles. The highest BCUT2D eigenvalue weighted by Gasteiger charge is 2.29. The Balaban J connectivity index is 1.66. The summed E-state index contributed by atoms with van der Waals surface area (Å²) in [5.74, 6) is -0.360. The molecule has 0 radical (unpaired) electrons. The molecule has 1 saturated heterocycles. The van der Waals surface area contributed by atoms with Crippen LogP contribution in [0.15, 0.2) is 42.5 Å². The van der Waals surface area contributed by atoms with Gasteiger partial charge in [0.25, 0.3) is 0 Å². The average Bonchev–Trinajstić information content (AvgIpc) is 2.64. The van der Waals surface area contributed by atoms with Crippen molar-refractivity contribution in [2.45, 2.75) is 26.0 Å². The molecule has 0 aromatic heterocycles. The molecule has 138 valence electrons. The van der Waals surface area contributed by atoms with Crippen molar-refractivity contribution in [1.29, 1.82) is 0 Å². The highest BCUT2D eigenvalue weighted by atomic mass is 35.5. The molecule has 1 aliphatic rings. The summed E-state index contributed by atoms with van der Waals surface area (Å²) in [6.07, 6.45) is -0.174. The molecule has 0 bridgehead atoms. The number of aryl methyl sites for hydroxylation is 1. The van der Waals surface area contributed by atoms with Crippen LogP contribution >= 0.6 is 11.6 Å². The number of rotatable bonds is 4. The number of hydrogen-bond donors (Lipinski definition) is 1. The standard InChI is InChI=1S/C20H22ClFN2O2/c1-13-3-6-16(21)11-18(13)23-20(25)14(2)24-9-10-26-19(12-24)15-4-7-17(22)8-5-15/h3-8,11,14,19H,9-10,12H2,1-2H3,(H,23,25). The SMILES string of the molecule is Cc1ccc(Cl)cc1NC(=O)C(C)N1CCOC(c2ccc(F)cc2)C1. The van der Waals surface area contributed by atoms with Crippen molar-refractivity contribution in [3.8, 4) is 0 Å². The van der Waals surface area contributed by atoms with Crippen LogP contribution in [-0.4, -0.2) is 36.5 Å². The number of halogens is 2. The number of nitrogens with one attached hydrogen (secondary N) is 1. The van der Waals surface area contributed by atoms with E-state index in [-0.39, 0.29) is 23.9 Å². The predicted octanol–water partition coefficient (Wildman–Crippen LogP) is 4.19. The third kappa shape index (κ3) is 4.41. The van der Waals surface area contributed by atoms with Gasteiger partial charge in [0, 0.05) is 23.8 Å². The summed E-state index contributed by atoms with van der Waals surface area (Å²) in [6, 6.07) is 11.4. The number of amides is 1. The minimum atomic E-state index is -0.319. The average molecular weight is 377 g/mol. The zero-order chi connectivity index (χ0) is 18.7. The van der Waals surface area contributed by atoms with E-state index in [9.17, 15) is 9.18 Å². The van der Waals surface area contributed by atoms with Crippen LogP contribution < -0.4 is 5.32 Å². The van der Waals surface area contributed by atoms with E-state index in [0.29, 0.717) is 24.7 Å². The lowest BCUT2D eigenvalue weighted by Crippen LogP contribution is -2.48. The predicted molar refractivity (Wildman–Crippen MR) is 101 cm³/mol. The second-order valence-electron chi connectivity index (χ2n) is 6.53. The molecule has 2 aromatic rings. The van der Waals surface area contributed by atoms with Crippen LogP contribution in [0.2, 0.25) is 5.02 Å². The van der Waals surface area contributed by atoms with Gasteiger partial charge in [-0.05, 0) is 49.2 Å². The van der Waals surface area contributed by atoms with Crippen LogP contribution in [0.1, 0.15) is 24.2 Å². The van der Waals surface area contributed by atoms with Gasteiger partial charge in [-0.3, -0.25) is 9.69 Å². The van der Waals surface area contributed by atoms with Gasteiger partial charge in [-0.1, -0.05) is 29.8 Å². The number of benzene rings is 2. The highest BCUT2D eigenvalue weighted by Crippen LogP contribution is 2.25. The topological polar surface area (TPSA) is 41.6 Å². The zero-order valence-corrected chi connectivity index (χ0v) is 15.6. The molecule has 4 nitrogen and oxygen atoms in total. The van der Waals surface area contributed by atoms with Crippen molar-refractivity contribution in [1.82, 2.24) is 4.90 Å². The molecule has 1 amide bonds. The molecule has 3 rings (SSSR count). The zero-order valence-electron chi connectivity index (χ0n) is 14.8. The van der Waals surface area contributed by atoms with Gasteiger partial charge in [-0.15, -0.1) is 0 Å². The molecule has 6 heteroatoms. The second-order valence-corrected chi connectivity index (χ2v) is 6.97. The van der Waals surface area contributed by atoms with E-state index in [1.54, 1.807) is 24.3 Å². The summed E-state index contributed by atoms with van der Waals surface area (Å²) in [7, 11) is 0. The van der Waals surface area contributed by atoms with Gasteiger partial charge in [0.2, 0.25) is 5.91 Å². The van der Waals surface area contributed by atoms with E-state index in [1.165, 1.54) is 12.1 Å². The van der Waals surface area contributed by atoms with Crippen LogP contribution in [0.4, 0.5) is 10.1 Å². The Hall–Kier alpha value is -1.95. The van der Waals surface area contributed by atoms with Crippen molar-refractivity contribution < 1.29 is 13.9 Å². The minimum absolute atomic E-state index is 0.0878. The smallest absolute Gasteiger partial charge is 0.241 e. The van der Waals surface area contributed by atoms with Gasteiger partial charge in [0.1, 0.15) is 5.82 Å². The highest BCUT2D eigenvalue weighted by molar-refractivity contribution is 6.31. The largest absolute Gasteiger partial charge is 0.371 e. The molecule has 2 atom stereocenters. The molecule has 0 spiro atoms. The van der Waals surface area contributed by atoms with E-state index in [1.807, 2.05) is 19.9 Å². The maximum absolute atomic E-state index is 13.1. The fraction of sp³-hybridized carbons (Fsp3) is 0.350. The number of carbonyl (C=O) groups is 1. The minimum Gasteiger partial charge on any atom is -0.371 e. The first-order chi connectivity index (χ1) is 12.4. The van der Waals surface area contributed by atoms with E-state index in [4.69, 9.17) is 16.3 Å². The number of ether oxygens (including phenoxy) is 1. The normalized spacial score (nSPS) is 19.2. The Labute approximate surface area is 157 Å². The summed E-state index contributed by atoms with van der Waals surface area (Å²) in [4.78, 5) is 14.8. The summed E-state index contributed by atoms with van der Waals surface area (Å²) in [5.41, 5.74) is 2.59. The maximum atomic E-state index is 13.1. The van der Waals surface area contributed by atoms with Crippen LogP contribution in [0.5, 0.6) is 0 Å². The summed E-state index contributed by atoms with van der Waals surface area (Å²) < 4.78 is 18.9.